The highest BCUT2D eigenvalue weighted by molar-refractivity contribution is 6.24. The second-order valence-corrected chi connectivity index (χ2v) is 7.65. The number of benzene rings is 2. The number of carbonyl (C=O) groups is 3. The molecule has 2 amide bonds. The van der Waals surface area contributed by atoms with Gasteiger partial charge in [-0.2, -0.15) is 0 Å². The van der Waals surface area contributed by atoms with E-state index in [0.717, 1.165) is 0 Å². The molecule has 2 aromatic carbocycles. The van der Waals surface area contributed by atoms with Crippen molar-refractivity contribution in [1.82, 2.24) is 5.32 Å². The van der Waals surface area contributed by atoms with Crippen LogP contribution in [0, 0.1) is 11.8 Å². The summed E-state index contributed by atoms with van der Waals surface area (Å²) < 4.78 is 10.8. The predicted octanol–water partition coefficient (Wildman–Crippen LogP) is 2.80. The monoisotopic (exact) mass is 416 g/mol. The van der Waals surface area contributed by atoms with Crippen molar-refractivity contribution < 1.29 is 23.5 Å². The molecule has 1 aromatic heterocycles. The van der Waals surface area contributed by atoms with Gasteiger partial charge in [0.25, 0.3) is 0 Å². The van der Waals surface area contributed by atoms with Crippen LogP contribution in [0.3, 0.4) is 0 Å². The average Bonchev–Trinajstić information content (AvgIpc) is 3.51. The summed E-state index contributed by atoms with van der Waals surface area (Å²) >= 11 is 0. The first kappa shape index (κ1) is 19.3. The van der Waals surface area contributed by atoms with Gasteiger partial charge in [-0.1, -0.05) is 48.5 Å². The lowest BCUT2D eigenvalue weighted by Gasteiger charge is -2.32. The first-order valence-corrected chi connectivity index (χ1v) is 9.97. The quantitative estimate of drug-likeness (QED) is 0.520. The highest BCUT2D eigenvalue weighted by Crippen LogP contribution is 2.54. The van der Waals surface area contributed by atoms with Gasteiger partial charge in [0.1, 0.15) is 5.76 Å². The summed E-state index contributed by atoms with van der Waals surface area (Å²) in [6.45, 7) is 0. The number of nitrogens with zero attached hydrogens (tertiary/aromatic N) is 1. The molecule has 1 N–H and O–H groups in total. The van der Waals surface area contributed by atoms with Crippen molar-refractivity contribution in [1.29, 1.82) is 0 Å². The number of methoxy groups -OCH3 is 1. The molecule has 5 rings (SSSR count). The maximum atomic E-state index is 13.7. The smallest absolute Gasteiger partial charge is 0.331 e. The van der Waals surface area contributed by atoms with Gasteiger partial charge in [-0.25, -0.2) is 9.69 Å². The molecular formula is C24H20N2O5. The number of furan rings is 1. The molecule has 4 atom stereocenters. The lowest BCUT2D eigenvalue weighted by atomic mass is 9.75. The van der Waals surface area contributed by atoms with E-state index in [1.54, 1.807) is 60.7 Å². The molecule has 0 bridgehead atoms. The van der Waals surface area contributed by atoms with E-state index in [0.29, 0.717) is 17.0 Å². The van der Waals surface area contributed by atoms with E-state index in [-0.39, 0.29) is 5.91 Å². The standard InChI is InChI=1S/C24H20N2O5/c1-30-23(29)24(15-9-4-2-5-10-15)19-18(20(25-24)17-13-8-14-31-17)21(27)26(22(19)28)16-11-6-3-7-12-16/h2-14,18-20,25H,1H3. The minimum absolute atomic E-state index is 0.378. The van der Waals surface area contributed by atoms with Gasteiger partial charge < -0.3 is 9.15 Å². The summed E-state index contributed by atoms with van der Waals surface area (Å²) in [5.41, 5.74) is -0.507. The van der Waals surface area contributed by atoms with Gasteiger partial charge >= 0.3 is 5.97 Å². The SMILES string of the molecule is COC(=O)C1(c2ccccc2)NC(c2ccco2)C2C(=O)N(c3ccccc3)C(=O)C21. The number of rotatable bonds is 4. The Hall–Kier alpha value is -3.71. The zero-order chi connectivity index (χ0) is 21.6. The van der Waals surface area contributed by atoms with Crippen LogP contribution in [0.5, 0.6) is 0 Å². The van der Waals surface area contributed by atoms with Gasteiger partial charge in [0.15, 0.2) is 5.54 Å². The van der Waals surface area contributed by atoms with Crippen molar-refractivity contribution in [2.75, 3.05) is 12.0 Å². The van der Waals surface area contributed by atoms with E-state index in [4.69, 9.17) is 9.15 Å². The van der Waals surface area contributed by atoms with Crippen molar-refractivity contribution in [3.8, 4) is 0 Å². The zero-order valence-electron chi connectivity index (χ0n) is 16.7. The molecule has 0 aliphatic carbocycles. The first-order chi connectivity index (χ1) is 15.1. The summed E-state index contributed by atoms with van der Waals surface area (Å²) in [5, 5.41) is 3.27. The maximum absolute atomic E-state index is 13.7. The van der Waals surface area contributed by atoms with Gasteiger partial charge in [0, 0.05) is 0 Å². The predicted molar refractivity (Wildman–Crippen MR) is 111 cm³/mol. The van der Waals surface area contributed by atoms with Crippen LogP contribution in [-0.4, -0.2) is 24.9 Å². The van der Waals surface area contributed by atoms with Crippen molar-refractivity contribution >= 4 is 23.5 Å². The van der Waals surface area contributed by atoms with Crippen LogP contribution in [0.15, 0.2) is 83.5 Å². The maximum Gasteiger partial charge on any atom is 0.331 e. The third kappa shape index (κ3) is 2.67. The van der Waals surface area contributed by atoms with E-state index in [1.165, 1.54) is 18.3 Å². The van der Waals surface area contributed by atoms with E-state index >= 15 is 0 Å². The van der Waals surface area contributed by atoms with Crippen molar-refractivity contribution in [3.05, 3.63) is 90.4 Å². The Morgan fingerprint density at radius 3 is 2.26 bits per heavy atom. The second-order valence-electron chi connectivity index (χ2n) is 7.65. The normalized spacial score (nSPS) is 27.4. The molecule has 2 aliphatic rings. The number of esters is 1. The highest BCUT2D eigenvalue weighted by atomic mass is 16.5. The third-order valence-corrected chi connectivity index (χ3v) is 6.16. The summed E-state index contributed by atoms with van der Waals surface area (Å²) in [7, 11) is 1.28. The fraction of sp³-hybridized carbons (Fsp3) is 0.208. The molecule has 3 heterocycles. The summed E-state index contributed by atoms with van der Waals surface area (Å²) in [4.78, 5) is 41.8. The molecule has 3 aromatic rings. The Kier molecular flexibility index (Phi) is 4.48. The molecule has 2 saturated heterocycles. The number of imide groups is 1. The van der Waals surface area contributed by atoms with Crippen LogP contribution in [0.25, 0.3) is 0 Å². The van der Waals surface area contributed by atoms with Crippen LogP contribution in [-0.2, 0) is 24.7 Å². The molecule has 0 radical (unpaired) electrons. The lowest BCUT2D eigenvalue weighted by Crippen LogP contribution is -2.53. The largest absolute Gasteiger partial charge is 0.468 e. The number of hydrogen-bond acceptors (Lipinski definition) is 6. The summed E-state index contributed by atoms with van der Waals surface area (Å²) in [6, 6.07) is 20.4. The van der Waals surface area contributed by atoms with Crippen LogP contribution in [0.2, 0.25) is 0 Å². The van der Waals surface area contributed by atoms with E-state index in [2.05, 4.69) is 5.32 Å². The molecule has 2 aliphatic heterocycles. The van der Waals surface area contributed by atoms with Gasteiger partial charge in [0.05, 0.1) is 36.9 Å². The molecule has 7 heteroatoms. The van der Waals surface area contributed by atoms with Crippen LogP contribution in [0.1, 0.15) is 17.4 Å². The number of fused-ring (bicyclic) bond motifs is 1. The third-order valence-electron chi connectivity index (χ3n) is 6.16. The van der Waals surface area contributed by atoms with Crippen molar-refractivity contribution in [2.24, 2.45) is 11.8 Å². The molecule has 0 saturated carbocycles. The Labute approximate surface area is 178 Å². The van der Waals surface area contributed by atoms with E-state index in [9.17, 15) is 14.4 Å². The van der Waals surface area contributed by atoms with Gasteiger partial charge in [-0.3, -0.25) is 14.9 Å². The number of hydrogen-bond donors (Lipinski definition) is 1. The minimum atomic E-state index is -1.53. The van der Waals surface area contributed by atoms with Crippen molar-refractivity contribution in [2.45, 2.75) is 11.6 Å². The van der Waals surface area contributed by atoms with Gasteiger partial charge in [-0.15, -0.1) is 0 Å². The topological polar surface area (TPSA) is 88.8 Å². The molecule has 2 fully saturated rings. The molecule has 156 valence electrons. The summed E-state index contributed by atoms with van der Waals surface area (Å²) in [6.07, 6.45) is 1.50. The van der Waals surface area contributed by atoms with Gasteiger partial charge in [-0.05, 0) is 29.8 Å². The number of para-hydroxylation sites is 1. The minimum Gasteiger partial charge on any atom is -0.468 e. The summed E-state index contributed by atoms with van der Waals surface area (Å²) in [5.74, 6) is -2.80. The highest BCUT2D eigenvalue weighted by Gasteiger charge is 2.70. The van der Waals surface area contributed by atoms with Crippen LogP contribution < -0.4 is 10.2 Å². The Morgan fingerprint density at radius 1 is 0.968 bits per heavy atom. The lowest BCUT2D eigenvalue weighted by molar-refractivity contribution is -0.152. The number of nitrogens with one attached hydrogen (secondary N) is 1. The zero-order valence-corrected chi connectivity index (χ0v) is 16.7. The Bertz CT molecular complexity index is 1130. The first-order valence-electron chi connectivity index (χ1n) is 9.97. The fourth-order valence-electron chi connectivity index (χ4n) is 4.88. The molecule has 4 unspecified atom stereocenters. The molecule has 31 heavy (non-hydrogen) atoms. The van der Waals surface area contributed by atoms with E-state index in [1.807, 2.05) is 12.1 Å². The Balaban J connectivity index is 1.73. The number of anilines is 1. The second kappa shape index (κ2) is 7.21. The average molecular weight is 416 g/mol. The number of carbonyl (C=O) groups excluding carboxylic acids is 3. The van der Waals surface area contributed by atoms with Crippen LogP contribution in [0.4, 0.5) is 5.69 Å². The van der Waals surface area contributed by atoms with Crippen LogP contribution >= 0.6 is 0 Å². The fourth-order valence-corrected chi connectivity index (χ4v) is 4.88. The number of amides is 2. The van der Waals surface area contributed by atoms with Gasteiger partial charge in [0.2, 0.25) is 11.8 Å². The Morgan fingerprint density at radius 2 is 1.65 bits per heavy atom. The molecule has 7 nitrogen and oxygen atoms in total. The van der Waals surface area contributed by atoms with E-state index < -0.39 is 35.3 Å². The molecular weight excluding hydrogens is 396 g/mol. The molecule has 0 spiro atoms. The number of ether oxygens (including phenoxy) is 1. The van der Waals surface area contributed by atoms with Crippen molar-refractivity contribution in [3.63, 3.8) is 0 Å².